The maximum atomic E-state index is 13.6. The van der Waals surface area contributed by atoms with Crippen LogP contribution < -0.4 is 15.8 Å². The molecule has 0 aliphatic heterocycles. The number of ether oxygens (including phenoxy) is 1. The van der Waals surface area contributed by atoms with Crippen LogP contribution in [0.2, 0.25) is 0 Å². The molecule has 0 fully saturated rings. The molecular weight excluding hydrogens is 339 g/mol. The topological polar surface area (TPSA) is 64.3 Å². The van der Waals surface area contributed by atoms with E-state index in [0.29, 0.717) is 16.9 Å². The van der Waals surface area contributed by atoms with Crippen LogP contribution in [0.15, 0.2) is 22.7 Å². The second-order valence-corrected chi connectivity index (χ2v) is 6.69. The van der Waals surface area contributed by atoms with Gasteiger partial charge in [0.1, 0.15) is 0 Å². The summed E-state index contributed by atoms with van der Waals surface area (Å²) < 4.78 is 19.4. The lowest BCUT2D eigenvalue weighted by molar-refractivity contribution is -0.125. The van der Waals surface area contributed by atoms with E-state index >= 15 is 0 Å². The van der Waals surface area contributed by atoms with Gasteiger partial charge in [-0.25, -0.2) is 4.39 Å². The second-order valence-electron chi connectivity index (χ2n) is 5.77. The Balaban J connectivity index is 2.57. The van der Waals surface area contributed by atoms with Crippen molar-refractivity contribution in [1.82, 2.24) is 5.32 Å². The third-order valence-corrected chi connectivity index (χ3v) is 3.50. The molecule has 0 saturated carbocycles. The summed E-state index contributed by atoms with van der Waals surface area (Å²) in [6, 6.07) is 4.41. The number of rotatable bonds is 7. The Hall–Kier alpha value is -1.14. The normalized spacial score (nSPS) is 13.9. The smallest absolute Gasteiger partial charge is 0.258 e. The first-order valence-electron chi connectivity index (χ1n) is 6.84. The molecule has 0 aliphatic rings. The minimum absolute atomic E-state index is 0.0478. The Morgan fingerprint density at radius 3 is 2.71 bits per heavy atom. The van der Waals surface area contributed by atoms with Crippen molar-refractivity contribution in [3.05, 3.63) is 28.5 Å². The number of hydrogen-bond acceptors (Lipinski definition) is 3. The van der Waals surface area contributed by atoms with Crippen LogP contribution in [0.1, 0.15) is 27.2 Å². The van der Waals surface area contributed by atoms with Gasteiger partial charge >= 0.3 is 0 Å². The Labute approximate surface area is 133 Å². The van der Waals surface area contributed by atoms with E-state index < -0.39 is 11.4 Å². The van der Waals surface area contributed by atoms with Gasteiger partial charge in [-0.1, -0.05) is 29.8 Å². The predicted octanol–water partition coefficient (Wildman–Crippen LogP) is 2.85. The molecule has 0 aromatic heterocycles. The van der Waals surface area contributed by atoms with Crippen molar-refractivity contribution in [1.29, 1.82) is 0 Å². The highest BCUT2D eigenvalue weighted by atomic mass is 79.9. The molecule has 118 valence electrons. The molecule has 4 nitrogen and oxygen atoms in total. The number of benzene rings is 1. The van der Waals surface area contributed by atoms with Crippen LogP contribution in [0.25, 0.3) is 0 Å². The summed E-state index contributed by atoms with van der Waals surface area (Å²) in [5.74, 6) is -0.373. The first kappa shape index (κ1) is 17.9. The monoisotopic (exact) mass is 360 g/mol. The number of carbonyl (C=O) groups excluding carboxylic acids is 1. The average Bonchev–Trinajstić information content (AvgIpc) is 2.36. The molecule has 0 bridgehead atoms. The molecule has 0 heterocycles. The number of amides is 1. The molecule has 1 amide bonds. The fourth-order valence-corrected chi connectivity index (χ4v) is 2.53. The van der Waals surface area contributed by atoms with Gasteiger partial charge in [-0.3, -0.25) is 4.79 Å². The number of nitrogens with two attached hydrogens (primary N) is 1. The van der Waals surface area contributed by atoms with Crippen molar-refractivity contribution in [2.75, 3.05) is 13.2 Å². The van der Waals surface area contributed by atoms with Crippen LogP contribution in [0.5, 0.6) is 5.75 Å². The van der Waals surface area contributed by atoms with Crippen LogP contribution >= 0.6 is 15.9 Å². The van der Waals surface area contributed by atoms with Gasteiger partial charge < -0.3 is 15.8 Å². The van der Waals surface area contributed by atoms with Gasteiger partial charge in [-0.2, -0.15) is 0 Å². The van der Waals surface area contributed by atoms with Gasteiger partial charge in [-0.15, -0.1) is 0 Å². The van der Waals surface area contributed by atoms with E-state index in [1.54, 1.807) is 6.07 Å². The standard InChI is InChI=1S/C15H22BrFN2O2/c1-10(2)7-15(3,9-18)19-14(20)8-21-13-5-4-11(16)6-12(13)17/h4-6,10H,7-9,18H2,1-3H3,(H,19,20). The number of nitrogens with one attached hydrogen (secondary N) is 1. The molecule has 1 aromatic rings. The van der Waals surface area contributed by atoms with Gasteiger partial charge in [0.25, 0.3) is 5.91 Å². The van der Waals surface area contributed by atoms with E-state index in [2.05, 4.69) is 35.1 Å². The van der Waals surface area contributed by atoms with Crippen LogP contribution in [0.4, 0.5) is 4.39 Å². The molecule has 1 rings (SSSR count). The van der Waals surface area contributed by atoms with E-state index in [9.17, 15) is 9.18 Å². The number of hydrogen-bond donors (Lipinski definition) is 2. The lowest BCUT2D eigenvalue weighted by atomic mass is 9.91. The molecule has 0 spiro atoms. The lowest BCUT2D eigenvalue weighted by Gasteiger charge is -2.31. The zero-order valence-corrected chi connectivity index (χ0v) is 14.2. The molecular formula is C15H22BrFN2O2. The summed E-state index contributed by atoms with van der Waals surface area (Å²) in [6.07, 6.45) is 0.766. The SMILES string of the molecule is CC(C)CC(C)(CN)NC(=O)COc1ccc(Br)cc1F. The zero-order chi connectivity index (χ0) is 16.0. The largest absolute Gasteiger partial charge is 0.481 e. The molecule has 3 N–H and O–H groups in total. The lowest BCUT2D eigenvalue weighted by Crippen LogP contribution is -2.53. The molecule has 6 heteroatoms. The zero-order valence-electron chi connectivity index (χ0n) is 12.6. The predicted molar refractivity (Wildman–Crippen MR) is 84.7 cm³/mol. The summed E-state index contributed by atoms with van der Waals surface area (Å²) in [5.41, 5.74) is 5.25. The third kappa shape index (κ3) is 6.01. The minimum atomic E-state index is -0.513. The van der Waals surface area contributed by atoms with Gasteiger partial charge in [0.05, 0.1) is 0 Å². The van der Waals surface area contributed by atoms with Crippen LogP contribution in [0.3, 0.4) is 0 Å². The van der Waals surface area contributed by atoms with E-state index in [4.69, 9.17) is 10.5 Å². The maximum absolute atomic E-state index is 13.6. The van der Waals surface area contributed by atoms with Gasteiger partial charge in [-0.05, 0) is 37.5 Å². The number of halogens is 2. The van der Waals surface area contributed by atoms with E-state index in [1.165, 1.54) is 12.1 Å². The first-order valence-corrected chi connectivity index (χ1v) is 7.64. The van der Waals surface area contributed by atoms with Gasteiger partial charge in [0, 0.05) is 16.6 Å². The molecule has 0 aliphatic carbocycles. The van der Waals surface area contributed by atoms with Crippen LogP contribution in [-0.2, 0) is 4.79 Å². The molecule has 21 heavy (non-hydrogen) atoms. The molecule has 1 aromatic carbocycles. The first-order chi connectivity index (χ1) is 9.75. The van der Waals surface area contributed by atoms with Gasteiger partial charge in [0.15, 0.2) is 18.2 Å². The van der Waals surface area contributed by atoms with E-state index in [0.717, 1.165) is 6.42 Å². The summed E-state index contributed by atoms with van der Waals surface area (Å²) in [6.45, 7) is 6.11. The van der Waals surface area contributed by atoms with Crippen molar-refractivity contribution >= 4 is 21.8 Å². The van der Waals surface area contributed by atoms with Gasteiger partial charge in [0.2, 0.25) is 0 Å². The summed E-state index contributed by atoms with van der Waals surface area (Å²) >= 11 is 3.16. The van der Waals surface area contributed by atoms with E-state index in [1.807, 2.05) is 6.92 Å². The summed E-state index contributed by atoms with van der Waals surface area (Å²) in [4.78, 5) is 11.9. The third-order valence-electron chi connectivity index (χ3n) is 3.00. The van der Waals surface area contributed by atoms with Crippen molar-refractivity contribution in [3.8, 4) is 5.75 Å². The highest BCUT2D eigenvalue weighted by Gasteiger charge is 2.26. The van der Waals surface area contributed by atoms with Crippen molar-refractivity contribution < 1.29 is 13.9 Å². The Kier molecular flexibility index (Phi) is 6.61. The molecule has 0 saturated heterocycles. The highest BCUT2D eigenvalue weighted by molar-refractivity contribution is 9.10. The van der Waals surface area contributed by atoms with Crippen molar-refractivity contribution in [3.63, 3.8) is 0 Å². The van der Waals surface area contributed by atoms with Crippen LogP contribution in [-0.4, -0.2) is 24.6 Å². The maximum Gasteiger partial charge on any atom is 0.258 e. The molecule has 1 unspecified atom stereocenters. The quantitative estimate of drug-likeness (QED) is 0.785. The fourth-order valence-electron chi connectivity index (χ4n) is 2.19. The molecule has 0 radical (unpaired) electrons. The Morgan fingerprint density at radius 1 is 1.52 bits per heavy atom. The highest BCUT2D eigenvalue weighted by Crippen LogP contribution is 2.21. The van der Waals surface area contributed by atoms with Crippen molar-refractivity contribution in [2.45, 2.75) is 32.7 Å². The fraction of sp³-hybridized carbons (Fsp3) is 0.533. The van der Waals surface area contributed by atoms with Crippen LogP contribution in [0, 0.1) is 11.7 Å². The number of carbonyl (C=O) groups is 1. The second kappa shape index (κ2) is 7.75. The summed E-state index contributed by atoms with van der Waals surface area (Å²) in [7, 11) is 0. The minimum Gasteiger partial charge on any atom is -0.481 e. The Bertz CT molecular complexity index is 497. The van der Waals surface area contributed by atoms with E-state index in [-0.39, 0.29) is 18.3 Å². The average molecular weight is 361 g/mol. The summed E-state index contributed by atoms with van der Waals surface area (Å²) in [5, 5.41) is 2.85. The Morgan fingerprint density at radius 2 is 2.19 bits per heavy atom. The molecule has 1 atom stereocenters. The van der Waals surface area contributed by atoms with Crippen molar-refractivity contribution in [2.24, 2.45) is 11.7 Å².